The Hall–Kier alpha value is -1.88. The van der Waals surface area contributed by atoms with E-state index in [1.807, 2.05) is 18.2 Å². The van der Waals surface area contributed by atoms with Crippen LogP contribution in [0.2, 0.25) is 0 Å². The van der Waals surface area contributed by atoms with Crippen LogP contribution in [0.3, 0.4) is 0 Å². The van der Waals surface area contributed by atoms with Gasteiger partial charge in [0.05, 0.1) is 10.6 Å². The first-order valence-electron chi connectivity index (χ1n) is 5.49. The second-order valence-corrected chi connectivity index (χ2v) is 5.96. The van der Waals surface area contributed by atoms with Gasteiger partial charge in [0.15, 0.2) is 9.84 Å². The first-order valence-corrected chi connectivity index (χ1v) is 7.38. The van der Waals surface area contributed by atoms with Gasteiger partial charge < -0.3 is 5.32 Å². The smallest absolute Gasteiger partial charge is 0.177 e. The summed E-state index contributed by atoms with van der Waals surface area (Å²) in [6.45, 7) is 0.565. The molecular formula is C13H14N2O2S. The molecule has 5 heteroatoms. The lowest BCUT2D eigenvalue weighted by Crippen LogP contribution is -2.06. The predicted octanol–water partition coefficient (Wildman–Crippen LogP) is 2.10. The van der Waals surface area contributed by atoms with Gasteiger partial charge >= 0.3 is 0 Å². The number of nitrogens with one attached hydrogen (secondary N) is 1. The summed E-state index contributed by atoms with van der Waals surface area (Å²) >= 11 is 0. The Labute approximate surface area is 107 Å². The molecule has 4 nitrogen and oxygen atoms in total. The first kappa shape index (κ1) is 12.6. The maximum atomic E-state index is 11.6. The van der Waals surface area contributed by atoms with E-state index in [1.165, 1.54) is 6.26 Å². The van der Waals surface area contributed by atoms with E-state index in [4.69, 9.17) is 0 Å². The van der Waals surface area contributed by atoms with Gasteiger partial charge in [-0.25, -0.2) is 8.42 Å². The molecule has 0 saturated heterocycles. The van der Waals surface area contributed by atoms with Crippen molar-refractivity contribution in [3.63, 3.8) is 0 Å². The van der Waals surface area contributed by atoms with Crippen molar-refractivity contribution in [2.24, 2.45) is 0 Å². The van der Waals surface area contributed by atoms with Gasteiger partial charge in [0.2, 0.25) is 0 Å². The highest BCUT2D eigenvalue weighted by atomic mass is 32.2. The molecule has 0 spiro atoms. The average Bonchev–Trinajstić information content (AvgIpc) is 2.37. The molecule has 0 aliphatic carbocycles. The average molecular weight is 262 g/mol. The van der Waals surface area contributed by atoms with E-state index in [0.29, 0.717) is 17.1 Å². The molecule has 0 bridgehead atoms. The molecule has 1 N–H and O–H groups in total. The number of aromatic nitrogens is 1. The Morgan fingerprint density at radius 1 is 1.11 bits per heavy atom. The van der Waals surface area contributed by atoms with Gasteiger partial charge in [-0.15, -0.1) is 0 Å². The van der Waals surface area contributed by atoms with Crippen LogP contribution in [0.25, 0.3) is 0 Å². The summed E-state index contributed by atoms with van der Waals surface area (Å²) in [5.74, 6) is 0. The lowest BCUT2D eigenvalue weighted by atomic mass is 10.2. The quantitative estimate of drug-likeness (QED) is 0.916. The molecule has 94 valence electrons. The lowest BCUT2D eigenvalue weighted by Gasteiger charge is -2.10. The van der Waals surface area contributed by atoms with Gasteiger partial charge in [-0.05, 0) is 29.8 Å². The van der Waals surface area contributed by atoms with Crippen LogP contribution in [-0.4, -0.2) is 19.7 Å². The third-order valence-corrected chi connectivity index (χ3v) is 3.67. The summed E-state index contributed by atoms with van der Waals surface area (Å²) in [5.41, 5.74) is 1.67. The largest absolute Gasteiger partial charge is 0.380 e. The fourth-order valence-electron chi connectivity index (χ4n) is 1.63. The van der Waals surface area contributed by atoms with Crippen molar-refractivity contribution < 1.29 is 8.42 Å². The fourth-order valence-corrected chi connectivity index (χ4v) is 2.50. The number of hydrogen-bond acceptors (Lipinski definition) is 4. The van der Waals surface area contributed by atoms with Crippen LogP contribution in [0.4, 0.5) is 5.69 Å². The number of sulfone groups is 1. The Bertz CT molecular complexity index is 624. The molecule has 1 heterocycles. The van der Waals surface area contributed by atoms with Crippen LogP contribution in [0.1, 0.15) is 5.56 Å². The number of pyridine rings is 1. The summed E-state index contributed by atoms with van der Waals surface area (Å²) in [5, 5.41) is 3.13. The van der Waals surface area contributed by atoms with Crippen molar-refractivity contribution >= 4 is 15.5 Å². The number of benzene rings is 1. The third-order valence-electron chi connectivity index (χ3n) is 2.52. The van der Waals surface area contributed by atoms with Gasteiger partial charge in [0.1, 0.15) is 0 Å². The number of nitrogens with zero attached hydrogens (tertiary/aromatic N) is 1. The van der Waals surface area contributed by atoms with Gasteiger partial charge in [0.25, 0.3) is 0 Å². The lowest BCUT2D eigenvalue weighted by molar-refractivity contribution is 0.602. The van der Waals surface area contributed by atoms with Gasteiger partial charge in [-0.1, -0.05) is 12.1 Å². The molecule has 0 amide bonds. The normalized spacial score (nSPS) is 11.2. The van der Waals surface area contributed by atoms with Crippen LogP contribution in [0, 0.1) is 0 Å². The van der Waals surface area contributed by atoms with Gasteiger partial charge in [0, 0.05) is 25.2 Å². The van der Waals surface area contributed by atoms with Crippen molar-refractivity contribution in [2.45, 2.75) is 11.4 Å². The van der Waals surface area contributed by atoms with E-state index in [2.05, 4.69) is 10.3 Å². The van der Waals surface area contributed by atoms with Crippen LogP contribution in [0.5, 0.6) is 0 Å². The molecule has 0 aliphatic heterocycles. The second-order valence-electron chi connectivity index (χ2n) is 3.98. The van der Waals surface area contributed by atoms with Crippen LogP contribution in [-0.2, 0) is 16.4 Å². The molecular weight excluding hydrogens is 248 g/mol. The minimum absolute atomic E-state index is 0.319. The standard InChI is InChI=1S/C13H14N2O2S/c1-18(16,17)13-5-3-2-4-12(13)15-10-11-6-8-14-9-7-11/h2-9,15H,10H2,1H3. The SMILES string of the molecule is CS(=O)(=O)c1ccccc1NCc1ccncc1. The zero-order valence-electron chi connectivity index (χ0n) is 10.00. The highest BCUT2D eigenvalue weighted by Gasteiger charge is 2.11. The summed E-state index contributed by atoms with van der Waals surface area (Å²) in [6, 6.07) is 10.7. The van der Waals surface area contributed by atoms with E-state index in [1.54, 1.807) is 30.6 Å². The summed E-state index contributed by atoms with van der Waals surface area (Å²) in [6.07, 6.45) is 4.62. The molecule has 0 saturated carbocycles. The van der Waals surface area contributed by atoms with Crippen molar-refractivity contribution in [3.8, 4) is 0 Å². The molecule has 1 aromatic heterocycles. The van der Waals surface area contributed by atoms with Crippen molar-refractivity contribution in [2.75, 3.05) is 11.6 Å². The molecule has 18 heavy (non-hydrogen) atoms. The number of anilines is 1. The molecule has 2 rings (SSSR count). The number of para-hydroxylation sites is 1. The third kappa shape index (κ3) is 3.07. The van der Waals surface area contributed by atoms with Gasteiger partial charge in [-0.2, -0.15) is 0 Å². The molecule has 0 atom stereocenters. The first-order chi connectivity index (χ1) is 8.57. The zero-order chi connectivity index (χ0) is 13.0. The Balaban J connectivity index is 2.20. The topological polar surface area (TPSA) is 59.1 Å². The minimum Gasteiger partial charge on any atom is -0.380 e. The molecule has 1 aromatic carbocycles. The van der Waals surface area contributed by atoms with Gasteiger partial charge in [-0.3, -0.25) is 4.98 Å². The Morgan fingerprint density at radius 2 is 1.78 bits per heavy atom. The van der Waals surface area contributed by atoms with E-state index in [9.17, 15) is 8.42 Å². The predicted molar refractivity (Wildman–Crippen MR) is 71.1 cm³/mol. The highest BCUT2D eigenvalue weighted by Crippen LogP contribution is 2.21. The molecule has 0 fully saturated rings. The molecule has 0 unspecified atom stereocenters. The van der Waals surface area contributed by atoms with E-state index in [-0.39, 0.29) is 0 Å². The Kier molecular flexibility index (Phi) is 3.62. The summed E-state index contributed by atoms with van der Waals surface area (Å²) in [4.78, 5) is 4.25. The fraction of sp³-hybridized carbons (Fsp3) is 0.154. The molecule has 0 radical (unpaired) electrons. The molecule has 0 aliphatic rings. The number of rotatable bonds is 4. The molecule has 2 aromatic rings. The van der Waals surface area contributed by atoms with E-state index >= 15 is 0 Å². The Morgan fingerprint density at radius 3 is 2.44 bits per heavy atom. The summed E-state index contributed by atoms with van der Waals surface area (Å²) in [7, 11) is -3.21. The van der Waals surface area contributed by atoms with Crippen LogP contribution >= 0.6 is 0 Å². The maximum absolute atomic E-state index is 11.6. The summed E-state index contributed by atoms with van der Waals surface area (Å²) < 4.78 is 23.2. The van der Waals surface area contributed by atoms with Crippen LogP contribution < -0.4 is 5.32 Å². The zero-order valence-corrected chi connectivity index (χ0v) is 10.8. The van der Waals surface area contributed by atoms with E-state index in [0.717, 1.165) is 5.56 Å². The van der Waals surface area contributed by atoms with Crippen LogP contribution in [0.15, 0.2) is 53.7 Å². The second kappa shape index (κ2) is 5.18. The monoisotopic (exact) mass is 262 g/mol. The highest BCUT2D eigenvalue weighted by molar-refractivity contribution is 7.90. The van der Waals surface area contributed by atoms with Crippen molar-refractivity contribution in [3.05, 3.63) is 54.4 Å². The number of hydrogen-bond donors (Lipinski definition) is 1. The van der Waals surface area contributed by atoms with E-state index < -0.39 is 9.84 Å². The van der Waals surface area contributed by atoms with Crippen molar-refractivity contribution in [1.29, 1.82) is 0 Å². The van der Waals surface area contributed by atoms with Crippen molar-refractivity contribution in [1.82, 2.24) is 4.98 Å². The minimum atomic E-state index is -3.21. The maximum Gasteiger partial charge on any atom is 0.177 e.